The first-order valence-corrected chi connectivity index (χ1v) is 6.01. The van der Waals surface area contributed by atoms with Crippen molar-refractivity contribution in [3.8, 4) is 11.4 Å². The molecule has 0 bridgehead atoms. The quantitative estimate of drug-likeness (QED) is 0.760. The van der Waals surface area contributed by atoms with Crippen LogP contribution in [0.15, 0.2) is 24.4 Å². The van der Waals surface area contributed by atoms with Gasteiger partial charge in [-0.1, -0.05) is 0 Å². The van der Waals surface area contributed by atoms with E-state index in [0.717, 1.165) is 11.6 Å². The molecule has 106 valence electrons. The molecule has 0 saturated carbocycles. The van der Waals surface area contributed by atoms with Crippen LogP contribution in [0.1, 0.15) is 15.9 Å². The smallest absolute Gasteiger partial charge is 0.336 e. The zero-order valence-corrected chi connectivity index (χ0v) is 10.8. The highest BCUT2D eigenvalue weighted by atomic mass is 19.2. The largest absolute Gasteiger partial charge is 0.478 e. The highest BCUT2D eigenvalue weighted by Gasteiger charge is 2.19. The van der Waals surface area contributed by atoms with Crippen molar-refractivity contribution in [3.63, 3.8) is 0 Å². The van der Waals surface area contributed by atoms with E-state index in [1.165, 1.54) is 0 Å². The second kappa shape index (κ2) is 4.62. The molecule has 0 aliphatic rings. The van der Waals surface area contributed by atoms with Crippen molar-refractivity contribution >= 4 is 17.1 Å². The lowest BCUT2D eigenvalue weighted by atomic mass is 10.1. The van der Waals surface area contributed by atoms with E-state index in [1.54, 1.807) is 12.3 Å². The van der Waals surface area contributed by atoms with Gasteiger partial charge in [-0.05, 0) is 30.7 Å². The Kier molecular flexibility index (Phi) is 2.90. The van der Waals surface area contributed by atoms with Crippen LogP contribution in [0.4, 0.5) is 8.78 Å². The van der Waals surface area contributed by atoms with Gasteiger partial charge in [-0.2, -0.15) is 0 Å². The first-order valence-electron chi connectivity index (χ1n) is 6.01. The summed E-state index contributed by atoms with van der Waals surface area (Å²) in [4.78, 5) is 22.3. The molecule has 21 heavy (non-hydrogen) atoms. The molecule has 0 atom stereocenters. The van der Waals surface area contributed by atoms with Crippen LogP contribution in [0.2, 0.25) is 0 Å². The second-order valence-electron chi connectivity index (χ2n) is 4.53. The SMILES string of the molecule is Cc1ccnc2nc(-c3cc(F)c(F)cc3C(=O)O)[nH]c12. The number of fused-ring (bicyclic) bond motifs is 1. The minimum absolute atomic E-state index is 0.0289. The Labute approximate surface area is 117 Å². The summed E-state index contributed by atoms with van der Waals surface area (Å²) in [5, 5.41) is 9.13. The van der Waals surface area contributed by atoms with Crippen LogP contribution in [0.25, 0.3) is 22.6 Å². The van der Waals surface area contributed by atoms with Crippen molar-refractivity contribution in [1.82, 2.24) is 15.0 Å². The maximum Gasteiger partial charge on any atom is 0.336 e. The van der Waals surface area contributed by atoms with Gasteiger partial charge in [-0.15, -0.1) is 0 Å². The van der Waals surface area contributed by atoms with Crippen molar-refractivity contribution in [2.75, 3.05) is 0 Å². The average Bonchev–Trinajstić information content (AvgIpc) is 2.86. The third-order valence-corrected chi connectivity index (χ3v) is 3.15. The Bertz CT molecular complexity index is 874. The Balaban J connectivity index is 2.29. The Morgan fingerprint density at radius 3 is 2.67 bits per heavy atom. The zero-order valence-electron chi connectivity index (χ0n) is 10.8. The number of halogens is 2. The number of aromatic carboxylic acids is 1. The lowest BCUT2D eigenvalue weighted by molar-refractivity contribution is 0.0697. The minimum Gasteiger partial charge on any atom is -0.478 e. The molecule has 0 aliphatic carbocycles. The average molecular weight is 289 g/mol. The number of aryl methyl sites for hydroxylation is 1. The predicted molar refractivity (Wildman–Crippen MR) is 70.9 cm³/mol. The number of nitrogens with one attached hydrogen (secondary N) is 1. The number of hydrogen-bond donors (Lipinski definition) is 2. The fraction of sp³-hybridized carbons (Fsp3) is 0.0714. The summed E-state index contributed by atoms with van der Waals surface area (Å²) in [5.41, 5.74) is 1.46. The number of pyridine rings is 1. The van der Waals surface area contributed by atoms with Crippen molar-refractivity contribution in [3.05, 3.63) is 47.2 Å². The van der Waals surface area contributed by atoms with Crippen molar-refractivity contribution in [2.24, 2.45) is 0 Å². The molecule has 3 rings (SSSR count). The molecule has 0 fully saturated rings. The molecule has 0 unspecified atom stereocenters. The van der Waals surface area contributed by atoms with Gasteiger partial charge in [0.2, 0.25) is 0 Å². The summed E-state index contributed by atoms with van der Waals surface area (Å²) in [7, 11) is 0. The van der Waals surface area contributed by atoms with Gasteiger partial charge in [0.1, 0.15) is 5.82 Å². The third-order valence-electron chi connectivity index (χ3n) is 3.15. The number of aromatic nitrogens is 3. The predicted octanol–water partition coefficient (Wildman–Crippen LogP) is 2.91. The van der Waals surface area contributed by atoms with Gasteiger partial charge in [0, 0.05) is 11.8 Å². The Morgan fingerprint density at radius 2 is 2.00 bits per heavy atom. The number of carboxylic acid groups (broad SMARTS) is 1. The normalized spacial score (nSPS) is 11.0. The summed E-state index contributed by atoms with van der Waals surface area (Å²) in [6.07, 6.45) is 1.56. The molecule has 3 aromatic rings. The van der Waals surface area contributed by atoms with Crippen LogP contribution in [0, 0.1) is 18.6 Å². The number of hydrogen-bond acceptors (Lipinski definition) is 3. The molecule has 0 amide bonds. The van der Waals surface area contributed by atoms with Crippen LogP contribution in [-0.2, 0) is 0 Å². The van der Waals surface area contributed by atoms with E-state index in [2.05, 4.69) is 15.0 Å². The van der Waals surface area contributed by atoms with Crippen molar-refractivity contribution in [2.45, 2.75) is 6.92 Å². The maximum atomic E-state index is 13.4. The van der Waals surface area contributed by atoms with Gasteiger partial charge in [0.25, 0.3) is 0 Å². The summed E-state index contributed by atoms with van der Waals surface area (Å²) in [6.45, 7) is 1.83. The Hall–Kier alpha value is -2.83. The number of imidazole rings is 1. The summed E-state index contributed by atoms with van der Waals surface area (Å²) in [5.74, 6) is -3.60. The number of H-pyrrole nitrogens is 1. The number of carbonyl (C=O) groups is 1. The summed E-state index contributed by atoms with van der Waals surface area (Å²) in [6, 6.07) is 3.21. The molecule has 0 radical (unpaired) electrons. The van der Waals surface area contributed by atoms with Gasteiger partial charge in [0.05, 0.1) is 11.1 Å². The van der Waals surface area contributed by atoms with Gasteiger partial charge in [0.15, 0.2) is 17.3 Å². The molecule has 2 aromatic heterocycles. The lowest BCUT2D eigenvalue weighted by Gasteiger charge is -2.04. The molecular formula is C14H9F2N3O2. The van der Waals surface area contributed by atoms with Crippen LogP contribution in [0.5, 0.6) is 0 Å². The van der Waals surface area contributed by atoms with E-state index in [1.807, 2.05) is 6.92 Å². The van der Waals surface area contributed by atoms with Gasteiger partial charge in [-0.25, -0.2) is 23.5 Å². The van der Waals surface area contributed by atoms with E-state index < -0.39 is 17.6 Å². The van der Waals surface area contributed by atoms with E-state index in [0.29, 0.717) is 17.2 Å². The fourth-order valence-electron chi connectivity index (χ4n) is 2.08. The molecule has 2 N–H and O–H groups in total. The van der Waals surface area contributed by atoms with Crippen LogP contribution < -0.4 is 0 Å². The number of nitrogens with zero attached hydrogens (tertiary/aromatic N) is 2. The maximum absolute atomic E-state index is 13.4. The number of aromatic amines is 1. The molecule has 1 aromatic carbocycles. The van der Waals surface area contributed by atoms with Crippen LogP contribution >= 0.6 is 0 Å². The Morgan fingerprint density at radius 1 is 1.29 bits per heavy atom. The minimum atomic E-state index is -1.37. The van der Waals surface area contributed by atoms with E-state index in [9.17, 15) is 13.6 Å². The van der Waals surface area contributed by atoms with Gasteiger partial charge >= 0.3 is 5.97 Å². The zero-order chi connectivity index (χ0) is 15.1. The second-order valence-corrected chi connectivity index (χ2v) is 4.53. The summed E-state index contributed by atoms with van der Waals surface area (Å²) >= 11 is 0. The monoisotopic (exact) mass is 289 g/mol. The molecule has 0 spiro atoms. The number of rotatable bonds is 2. The lowest BCUT2D eigenvalue weighted by Crippen LogP contribution is -2.03. The molecule has 2 heterocycles. The molecule has 7 heteroatoms. The highest BCUT2D eigenvalue weighted by Crippen LogP contribution is 2.26. The van der Waals surface area contributed by atoms with E-state index in [-0.39, 0.29) is 17.0 Å². The standard InChI is InChI=1S/C14H9F2N3O2/c1-6-2-3-17-13-11(6)18-12(19-13)7-4-9(15)10(16)5-8(7)14(20)21/h2-5H,1H3,(H,20,21)(H,17,18,19). The highest BCUT2D eigenvalue weighted by molar-refractivity contribution is 5.96. The van der Waals surface area contributed by atoms with E-state index >= 15 is 0 Å². The topological polar surface area (TPSA) is 78.9 Å². The van der Waals surface area contributed by atoms with Crippen LogP contribution in [0.3, 0.4) is 0 Å². The number of benzene rings is 1. The molecule has 0 aliphatic heterocycles. The number of carboxylic acids is 1. The fourth-order valence-corrected chi connectivity index (χ4v) is 2.08. The third kappa shape index (κ3) is 2.12. The van der Waals surface area contributed by atoms with Crippen molar-refractivity contribution in [1.29, 1.82) is 0 Å². The van der Waals surface area contributed by atoms with Gasteiger partial charge < -0.3 is 10.1 Å². The van der Waals surface area contributed by atoms with Gasteiger partial charge in [-0.3, -0.25) is 0 Å². The van der Waals surface area contributed by atoms with Crippen molar-refractivity contribution < 1.29 is 18.7 Å². The first-order chi connectivity index (χ1) is 9.97. The molecular weight excluding hydrogens is 280 g/mol. The first kappa shape index (κ1) is 13.2. The van der Waals surface area contributed by atoms with Crippen LogP contribution in [-0.4, -0.2) is 26.0 Å². The molecule has 0 saturated heterocycles. The molecule has 5 nitrogen and oxygen atoms in total. The summed E-state index contributed by atoms with van der Waals surface area (Å²) < 4.78 is 26.6. The van der Waals surface area contributed by atoms with E-state index in [4.69, 9.17) is 5.11 Å².